The predicted molar refractivity (Wildman–Crippen MR) is 104 cm³/mol. The van der Waals surface area contributed by atoms with E-state index in [1.54, 1.807) is 13.8 Å². The molecule has 9 heteroatoms. The Morgan fingerprint density at radius 1 is 1.04 bits per heavy atom. The van der Waals surface area contributed by atoms with Crippen LogP contribution in [0.25, 0.3) is 0 Å². The van der Waals surface area contributed by atoms with Gasteiger partial charge in [-0.2, -0.15) is 0 Å². The minimum Gasteiger partial charge on any atom is -0.447 e. The molecule has 0 atom stereocenters. The van der Waals surface area contributed by atoms with Gasteiger partial charge in [-0.1, -0.05) is 12.2 Å². The van der Waals surface area contributed by atoms with Gasteiger partial charge in [-0.3, -0.25) is 4.79 Å². The van der Waals surface area contributed by atoms with Crippen LogP contribution < -0.4 is 10.6 Å². The number of amides is 3. The molecule has 0 bridgehead atoms. The highest BCUT2D eigenvalue weighted by Gasteiger charge is 2.19. The fourth-order valence-electron chi connectivity index (χ4n) is 2.58. The lowest BCUT2D eigenvalue weighted by Crippen LogP contribution is -2.36. The Labute approximate surface area is 166 Å². The average Bonchev–Trinajstić information content (AvgIpc) is 2.67. The third-order valence-corrected chi connectivity index (χ3v) is 4.15. The summed E-state index contributed by atoms with van der Waals surface area (Å²) in [6.45, 7) is 10.1. The van der Waals surface area contributed by atoms with Crippen LogP contribution in [0.2, 0.25) is 0 Å². The zero-order valence-electron chi connectivity index (χ0n) is 17.0. The van der Waals surface area contributed by atoms with Crippen LogP contribution in [-0.4, -0.2) is 75.1 Å². The Bertz CT molecular complexity index is 494. The number of likely N-dealkylation sites (tertiary alicyclic amines) is 1. The Balaban J connectivity index is 2.33. The van der Waals surface area contributed by atoms with Crippen LogP contribution in [0.1, 0.15) is 39.5 Å². The Hall–Kier alpha value is -2.29. The van der Waals surface area contributed by atoms with Crippen molar-refractivity contribution in [3.8, 4) is 0 Å². The van der Waals surface area contributed by atoms with E-state index in [0.29, 0.717) is 32.5 Å². The lowest BCUT2D eigenvalue weighted by molar-refractivity contribution is -0.132. The van der Waals surface area contributed by atoms with Crippen molar-refractivity contribution in [3.05, 3.63) is 12.2 Å². The number of hydrogen-bond donors (Lipinski definition) is 2. The molecule has 0 spiro atoms. The minimum absolute atomic E-state index is 0.0482. The molecule has 1 saturated heterocycles. The first kappa shape index (κ1) is 23.7. The third-order valence-electron chi connectivity index (χ3n) is 4.15. The van der Waals surface area contributed by atoms with Gasteiger partial charge in [0.1, 0.15) is 19.3 Å². The largest absolute Gasteiger partial charge is 0.447 e. The van der Waals surface area contributed by atoms with E-state index in [9.17, 15) is 14.4 Å². The number of carbonyl (C=O) groups is 3. The lowest BCUT2D eigenvalue weighted by Gasteiger charge is -2.28. The van der Waals surface area contributed by atoms with E-state index in [-0.39, 0.29) is 19.1 Å². The van der Waals surface area contributed by atoms with Gasteiger partial charge in [0.15, 0.2) is 0 Å². The second-order valence-electron chi connectivity index (χ2n) is 6.48. The molecule has 9 nitrogen and oxygen atoms in total. The van der Waals surface area contributed by atoms with Crippen LogP contribution in [0.3, 0.4) is 0 Å². The number of carbonyl (C=O) groups excluding carboxylic acids is 3. The van der Waals surface area contributed by atoms with E-state index in [1.165, 1.54) is 5.57 Å². The molecule has 1 aliphatic rings. The Morgan fingerprint density at radius 2 is 1.57 bits per heavy atom. The van der Waals surface area contributed by atoms with Crippen LogP contribution in [-0.2, 0) is 19.0 Å². The van der Waals surface area contributed by atoms with E-state index >= 15 is 0 Å². The van der Waals surface area contributed by atoms with Gasteiger partial charge in [0.2, 0.25) is 5.91 Å². The third kappa shape index (κ3) is 10.1. The summed E-state index contributed by atoms with van der Waals surface area (Å²) in [5.74, 6) is 0.102. The second kappa shape index (κ2) is 13.8. The number of piperidine rings is 1. The summed E-state index contributed by atoms with van der Waals surface area (Å²) in [5.41, 5.74) is 1.19. The molecule has 0 aliphatic carbocycles. The van der Waals surface area contributed by atoms with E-state index in [2.05, 4.69) is 17.2 Å². The highest BCUT2D eigenvalue weighted by molar-refractivity contribution is 5.76. The summed E-state index contributed by atoms with van der Waals surface area (Å²) in [4.78, 5) is 36.9. The number of rotatable bonds is 11. The number of nitrogens with one attached hydrogen (secondary N) is 2. The molecular weight excluding hydrogens is 366 g/mol. The maximum absolute atomic E-state index is 12.2. The van der Waals surface area contributed by atoms with Gasteiger partial charge in [-0.05, 0) is 33.1 Å². The van der Waals surface area contributed by atoms with Crippen LogP contribution in [0.15, 0.2) is 12.2 Å². The molecule has 3 amide bonds. The smallest absolute Gasteiger partial charge is 0.407 e. The highest BCUT2D eigenvalue weighted by Crippen LogP contribution is 2.15. The fraction of sp³-hybridized carbons (Fsp3) is 0.737. The fourth-order valence-corrected chi connectivity index (χ4v) is 2.58. The maximum atomic E-state index is 12.2. The quantitative estimate of drug-likeness (QED) is 0.405. The summed E-state index contributed by atoms with van der Waals surface area (Å²) in [7, 11) is 0. The molecule has 2 N–H and O–H groups in total. The maximum Gasteiger partial charge on any atom is 0.407 e. The zero-order chi connectivity index (χ0) is 20.8. The van der Waals surface area contributed by atoms with Crippen molar-refractivity contribution in [1.29, 1.82) is 0 Å². The first-order valence-corrected chi connectivity index (χ1v) is 9.83. The number of ether oxygens (including phenoxy) is 3. The highest BCUT2D eigenvalue weighted by atomic mass is 16.6. The standard InChI is InChI=1S/C19H33N3O6/c1-4-20-18(24)27-13-16(14-28-19(25)21-5-2)26-12-6-7-17(23)22-10-8-15(3)9-11-22/h16H,3-14H2,1-2H3,(H,20,24)(H,21,25). The van der Waals surface area contributed by atoms with Gasteiger partial charge in [-0.15, -0.1) is 0 Å². The van der Waals surface area contributed by atoms with E-state index < -0.39 is 18.3 Å². The van der Waals surface area contributed by atoms with E-state index in [1.807, 2.05) is 4.90 Å². The first-order chi connectivity index (χ1) is 13.5. The number of nitrogens with zero attached hydrogens (tertiary/aromatic N) is 1. The molecule has 1 rings (SSSR count). The molecule has 28 heavy (non-hydrogen) atoms. The molecule has 0 radical (unpaired) electrons. The van der Waals surface area contributed by atoms with Crippen LogP contribution in [0.5, 0.6) is 0 Å². The van der Waals surface area contributed by atoms with E-state index in [4.69, 9.17) is 14.2 Å². The average molecular weight is 399 g/mol. The van der Waals surface area contributed by atoms with Gasteiger partial charge >= 0.3 is 12.2 Å². The number of alkyl carbamates (subject to hydrolysis) is 2. The molecular formula is C19H33N3O6. The van der Waals surface area contributed by atoms with Crippen molar-refractivity contribution in [3.63, 3.8) is 0 Å². The van der Waals surface area contributed by atoms with Crippen molar-refractivity contribution in [1.82, 2.24) is 15.5 Å². The minimum atomic E-state index is -0.598. The molecule has 0 aromatic heterocycles. The van der Waals surface area contributed by atoms with Crippen molar-refractivity contribution in [2.24, 2.45) is 0 Å². The summed E-state index contributed by atoms with van der Waals surface area (Å²) >= 11 is 0. The van der Waals surface area contributed by atoms with Gasteiger partial charge in [0, 0.05) is 39.2 Å². The van der Waals surface area contributed by atoms with Gasteiger partial charge in [-0.25, -0.2) is 9.59 Å². The van der Waals surface area contributed by atoms with E-state index in [0.717, 1.165) is 25.9 Å². The molecule has 1 fully saturated rings. The van der Waals surface area contributed by atoms with Crippen LogP contribution >= 0.6 is 0 Å². The monoisotopic (exact) mass is 399 g/mol. The summed E-state index contributed by atoms with van der Waals surface area (Å²) in [6.07, 6.45) is 0.922. The zero-order valence-corrected chi connectivity index (χ0v) is 17.0. The molecule has 160 valence electrons. The van der Waals surface area contributed by atoms with Crippen molar-refractivity contribution in [2.75, 3.05) is 46.0 Å². The first-order valence-electron chi connectivity index (χ1n) is 9.83. The van der Waals surface area contributed by atoms with Crippen molar-refractivity contribution < 1.29 is 28.6 Å². The molecule has 0 aromatic rings. The second-order valence-corrected chi connectivity index (χ2v) is 6.48. The summed E-state index contributed by atoms with van der Waals surface area (Å²) in [5, 5.41) is 5.03. The van der Waals surface area contributed by atoms with Crippen LogP contribution in [0, 0.1) is 0 Å². The Kier molecular flexibility index (Phi) is 11.7. The Morgan fingerprint density at radius 3 is 2.07 bits per heavy atom. The van der Waals surface area contributed by atoms with Gasteiger partial charge < -0.3 is 29.7 Å². The SMILES string of the molecule is C=C1CCN(C(=O)CCCOC(COC(=O)NCC)COC(=O)NCC)CC1. The molecule has 0 saturated carbocycles. The van der Waals surface area contributed by atoms with Crippen LogP contribution in [0.4, 0.5) is 9.59 Å². The molecule has 0 unspecified atom stereocenters. The summed E-state index contributed by atoms with van der Waals surface area (Å²) < 4.78 is 15.8. The van der Waals surface area contributed by atoms with Crippen molar-refractivity contribution >= 4 is 18.1 Å². The summed E-state index contributed by atoms with van der Waals surface area (Å²) in [6, 6.07) is 0. The molecule has 0 aromatic carbocycles. The lowest BCUT2D eigenvalue weighted by atomic mass is 10.1. The number of hydrogen-bond acceptors (Lipinski definition) is 6. The van der Waals surface area contributed by atoms with Crippen molar-refractivity contribution in [2.45, 2.75) is 45.6 Å². The van der Waals surface area contributed by atoms with Gasteiger partial charge in [0.25, 0.3) is 0 Å². The molecule has 1 heterocycles. The van der Waals surface area contributed by atoms with Gasteiger partial charge in [0.05, 0.1) is 0 Å². The molecule has 1 aliphatic heterocycles. The topological polar surface area (TPSA) is 106 Å². The normalized spacial score (nSPS) is 14.0. The predicted octanol–water partition coefficient (Wildman–Crippen LogP) is 1.82.